The molecule has 0 radical (unpaired) electrons. The van der Waals surface area contributed by atoms with Crippen LogP contribution in [0.2, 0.25) is 0 Å². The highest BCUT2D eigenvalue weighted by atomic mass is 16.6. The van der Waals surface area contributed by atoms with Crippen LogP contribution in [0.4, 0.5) is 0 Å². The SMILES string of the molecule is COB(OCc1ccc(C(C)C)c(B(OC)OC)c1C(C)C)c1c(C)cc(C)cc1C. The van der Waals surface area contributed by atoms with Gasteiger partial charge in [0, 0.05) is 21.3 Å². The Morgan fingerprint density at radius 1 is 0.742 bits per heavy atom. The van der Waals surface area contributed by atoms with Crippen LogP contribution < -0.4 is 10.9 Å². The second-order valence-corrected chi connectivity index (χ2v) is 8.95. The first-order valence-corrected chi connectivity index (χ1v) is 11.1. The van der Waals surface area contributed by atoms with E-state index in [4.69, 9.17) is 18.6 Å². The predicted molar refractivity (Wildman–Crippen MR) is 132 cm³/mol. The third-order valence-electron chi connectivity index (χ3n) is 5.85. The number of rotatable bonds is 10. The van der Waals surface area contributed by atoms with Gasteiger partial charge >= 0.3 is 14.2 Å². The fourth-order valence-corrected chi connectivity index (χ4v) is 4.60. The molecule has 0 aliphatic carbocycles. The van der Waals surface area contributed by atoms with Gasteiger partial charge in [-0.3, -0.25) is 0 Å². The lowest BCUT2D eigenvalue weighted by molar-refractivity contribution is 0.230. The van der Waals surface area contributed by atoms with Crippen molar-refractivity contribution in [3.63, 3.8) is 0 Å². The number of hydrogen-bond acceptors (Lipinski definition) is 4. The molecule has 31 heavy (non-hydrogen) atoms. The molecular formula is C25H38B2O4. The van der Waals surface area contributed by atoms with Crippen LogP contribution in [-0.2, 0) is 25.2 Å². The van der Waals surface area contributed by atoms with Crippen molar-refractivity contribution in [1.29, 1.82) is 0 Å². The van der Waals surface area contributed by atoms with Gasteiger partial charge in [-0.1, -0.05) is 68.7 Å². The summed E-state index contributed by atoms with van der Waals surface area (Å²) >= 11 is 0. The molecule has 0 fully saturated rings. The maximum absolute atomic E-state index is 6.35. The van der Waals surface area contributed by atoms with Crippen molar-refractivity contribution in [2.24, 2.45) is 0 Å². The van der Waals surface area contributed by atoms with Crippen LogP contribution in [0.5, 0.6) is 0 Å². The summed E-state index contributed by atoms with van der Waals surface area (Å²) in [4.78, 5) is 0. The van der Waals surface area contributed by atoms with Crippen molar-refractivity contribution >= 4 is 25.2 Å². The normalized spacial score (nSPS) is 11.5. The maximum atomic E-state index is 6.35. The Morgan fingerprint density at radius 2 is 1.29 bits per heavy atom. The molecular weight excluding hydrogens is 386 g/mol. The summed E-state index contributed by atoms with van der Waals surface area (Å²) in [5.41, 5.74) is 9.44. The summed E-state index contributed by atoms with van der Waals surface area (Å²) in [6.07, 6.45) is 0. The molecule has 0 amide bonds. The molecule has 0 saturated carbocycles. The van der Waals surface area contributed by atoms with Crippen molar-refractivity contribution in [2.75, 3.05) is 21.3 Å². The highest BCUT2D eigenvalue weighted by molar-refractivity contribution is 6.63. The monoisotopic (exact) mass is 424 g/mol. The second kappa shape index (κ2) is 11.3. The Hall–Kier alpha value is -1.59. The molecule has 0 spiro atoms. The van der Waals surface area contributed by atoms with Crippen LogP contribution >= 0.6 is 0 Å². The van der Waals surface area contributed by atoms with Crippen LogP contribution in [0.3, 0.4) is 0 Å². The lowest BCUT2D eigenvalue weighted by Crippen LogP contribution is -2.42. The zero-order chi connectivity index (χ0) is 23.3. The van der Waals surface area contributed by atoms with E-state index in [9.17, 15) is 0 Å². The van der Waals surface area contributed by atoms with Crippen molar-refractivity contribution in [3.8, 4) is 0 Å². The van der Waals surface area contributed by atoms with E-state index in [0.717, 1.165) is 16.5 Å². The molecule has 0 unspecified atom stereocenters. The van der Waals surface area contributed by atoms with Crippen molar-refractivity contribution in [2.45, 2.75) is 66.9 Å². The summed E-state index contributed by atoms with van der Waals surface area (Å²) in [6.45, 7) is 15.6. The summed E-state index contributed by atoms with van der Waals surface area (Å²) in [5.74, 6) is 0.656. The van der Waals surface area contributed by atoms with Gasteiger partial charge in [-0.15, -0.1) is 0 Å². The number of benzene rings is 2. The molecule has 2 aromatic carbocycles. The van der Waals surface area contributed by atoms with Gasteiger partial charge < -0.3 is 18.6 Å². The molecule has 2 aromatic rings. The second-order valence-electron chi connectivity index (χ2n) is 8.95. The van der Waals surface area contributed by atoms with Gasteiger partial charge in [0.15, 0.2) is 0 Å². The molecule has 0 bridgehead atoms. The molecule has 2 rings (SSSR count). The molecule has 6 heteroatoms. The van der Waals surface area contributed by atoms with Crippen LogP contribution in [0.15, 0.2) is 24.3 Å². The summed E-state index contributed by atoms with van der Waals surface area (Å²) in [7, 11) is 4.25. The Bertz CT molecular complexity index is 853. The molecule has 0 heterocycles. The van der Waals surface area contributed by atoms with E-state index in [0.29, 0.717) is 18.4 Å². The topological polar surface area (TPSA) is 36.9 Å². The number of hydrogen-bond donors (Lipinski definition) is 0. The molecule has 0 saturated heterocycles. The fraction of sp³-hybridized carbons (Fsp3) is 0.520. The van der Waals surface area contributed by atoms with Gasteiger partial charge in [0.25, 0.3) is 0 Å². The third-order valence-corrected chi connectivity index (χ3v) is 5.85. The smallest absolute Gasteiger partial charge is 0.410 e. The maximum Gasteiger partial charge on any atom is 0.494 e. The van der Waals surface area contributed by atoms with Gasteiger partial charge in [0.1, 0.15) is 0 Å². The summed E-state index contributed by atoms with van der Waals surface area (Å²) < 4.78 is 23.5. The van der Waals surface area contributed by atoms with Gasteiger partial charge in [-0.25, -0.2) is 0 Å². The van der Waals surface area contributed by atoms with Gasteiger partial charge in [0.05, 0.1) is 6.61 Å². The van der Waals surface area contributed by atoms with E-state index in [1.807, 2.05) is 0 Å². The molecule has 0 aliphatic heterocycles. The summed E-state index contributed by atoms with van der Waals surface area (Å²) in [5, 5.41) is 0. The van der Waals surface area contributed by atoms with Crippen LogP contribution in [0.1, 0.15) is 72.9 Å². The average Bonchev–Trinajstić information content (AvgIpc) is 2.70. The highest BCUT2D eigenvalue weighted by Crippen LogP contribution is 2.25. The first-order chi connectivity index (χ1) is 14.7. The highest BCUT2D eigenvalue weighted by Gasteiger charge is 2.30. The fourth-order valence-electron chi connectivity index (χ4n) is 4.60. The minimum Gasteiger partial charge on any atom is -0.410 e. The minimum atomic E-state index is -0.422. The largest absolute Gasteiger partial charge is 0.494 e. The van der Waals surface area contributed by atoms with E-state index in [2.05, 4.69) is 72.7 Å². The van der Waals surface area contributed by atoms with Gasteiger partial charge in [-0.05, 0) is 60.2 Å². The van der Waals surface area contributed by atoms with E-state index >= 15 is 0 Å². The first kappa shape index (κ1) is 25.7. The molecule has 168 valence electrons. The summed E-state index contributed by atoms with van der Waals surface area (Å²) in [6, 6.07) is 8.71. The van der Waals surface area contributed by atoms with Gasteiger partial charge in [-0.2, -0.15) is 0 Å². The van der Waals surface area contributed by atoms with Crippen molar-refractivity contribution < 1.29 is 18.6 Å². The zero-order valence-corrected chi connectivity index (χ0v) is 21.0. The quantitative estimate of drug-likeness (QED) is 0.530. The number of aryl methyl sites for hydroxylation is 3. The Balaban J connectivity index is 2.48. The Morgan fingerprint density at radius 3 is 1.74 bits per heavy atom. The van der Waals surface area contributed by atoms with Crippen LogP contribution in [0, 0.1) is 20.8 Å². The van der Waals surface area contributed by atoms with Crippen LogP contribution in [-0.4, -0.2) is 35.6 Å². The van der Waals surface area contributed by atoms with Crippen molar-refractivity contribution in [1.82, 2.24) is 0 Å². The van der Waals surface area contributed by atoms with Crippen molar-refractivity contribution in [3.05, 3.63) is 57.6 Å². The molecule has 0 aromatic heterocycles. The standard InChI is InChI=1S/C25H38B2O4/c1-16(2)22-12-11-21(23(17(3)4)25(22)26(28-8)29-9)15-31-27(30-10)24-19(6)13-18(5)14-20(24)7/h11-14,16-17H,15H2,1-10H3. The predicted octanol–water partition coefficient (Wildman–Crippen LogP) is 4.41. The van der Waals surface area contributed by atoms with E-state index in [1.165, 1.54) is 27.8 Å². The minimum absolute atomic E-state index is 0.295. The van der Waals surface area contributed by atoms with E-state index in [1.54, 1.807) is 21.3 Å². The molecule has 4 nitrogen and oxygen atoms in total. The lowest BCUT2D eigenvalue weighted by atomic mass is 9.67. The Kier molecular flexibility index (Phi) is 9.38. The van der Waals surface area contributed by atoms with E-state index in [-0.39, 0.29) is 0 Å². The van der Waals surface area contributed by atoms with Gasteiger partial charge in [0.2, 0.25) is 0 Å². The third kappa shape index (κ3) is 5.81. The zero-order valence-electron chi connectivity index (χ0n) is 21.0. The van der Waals surface area contributed by atoms with Crippen LogP contribution in [0.25, 0.3) is 0 Å². The average molecular weight is 424 g/mol. The molecule has 0 N–H and O–H groups in total. The Labute approximate surface area is 189 Å². The van der Waals surface area contributed by atoms with E-state index < -0.39 is 14.2 Å². The lowest BCUT2D eigenvalue weighted by Gasteiger charge is -2.26. The molecule has 0 aliphatic rings. The first-order valence-electron chi connectivity index (χ1n) is 11.1. The molecule has 0 atom stereocenters.